The van der Waals surface area contributed by atoms with Gasteiger partial charge in [-0.25, -0.2) is 17.7 Å². The van der Waals surface area contributed by atoms with Gasteiger partial charge in [-0.2, -0.15) is 0 Å². The van der Waals surface area contributed by atoms with Gasteiger partial charge in [-0.05, 0) is 61.1 Å². The average Bonchev–Trinajstić information content (AvgIpc) is 3.33. The number of rotatable bonds is 6. The van der Waals surface area contributed by atoms with Gasteiger partial charge >= 0.3 is 0 Å². The Morgan fingerprint density at radius 1 is 1.11 bits per heavy atom. The largest absolute Gasteiger partial charge is 0.366 e. The fraction of sp³-hybridized carbons (Fsp3) is 0.440. The van der Waals surface area contributed by atoms with Gasteiger partial charge in [0.2, 0.25) is 10.0 Å². The average molecular weight is 497 g/mol. The number of primary amides is 1. The number of nitrogens with one attached hydrogen (secondary N) is 2. The van der Waals surface area contributed by atoms with Crippen molar-refractivity contribution >= 4 is 32.7 Å². The lowest BCUT2D eigenvalue weighted by atomic mass is 9.88. The summed E-state index contributed by atoms with van der Waals surface area (Å²) in [7, 11) is -3.18. The SMILES string of the molecule is CCS(=O)(=O)N1CCC(c2c[nH]c3c(C(N)=O)cc(-c4ccc(N5CCNCC5)nc4)cc23)CC1. The highest BCUT2D eigenvalue weighted by atomic mass is 32.2. The standard InChI is InChI=1S/C25H32N6O3S/c1-2-35(33,34)31-9-5-17(6-10-31)22-16-29-24-20(22)13-19(14-21(24)25(26)32)18-3-4-23(28-15-18)30-11-7-27-8-12-30/h3-4,13-17,27,29H,2,5-12H2,1H3,(H2,26,32). The first-order valence-corrected chi connectivity index (χ1v) is 13.8. The minimum absolute atomic E-state index is 0.123. The number of hydrogen-bond acceptors (Lipinski definition) is 6. The van der Waals surface area contributed by atoms with E-state index in [1.807, 2.05) is 30.6 Å². The number of aromatic nitrogens is 2. The normalized spacial score (nSPS) is 18.3. The number of anilines is 1. The molecule has 0 bridgehead atoms. The van der Waals surface area contributed by atoms with Crippen molar-refractivity contribution in [3.05, 3.63) is 47.8 Å². The molecule has 4 N–H and O–H groups in total. The number of nitrogens with two attached hydrogens (primary N) is 1. The second-order valence-electron chi connectivity index (χ2n) is 9.27. The molecule has 10 heteroatoms. The summed E-state index contributed by atoms with van der Waals surface area (Å²) >= 11 is 0. The number of carbonyl (C=O) groups is 1. The molecule has 3 aromatic rings. The summed E-state index contributed by atoms with van der Waals surface area (Å²) in [5.74, 6) is 0.788. The third-order valence-corrected chi connectivity index (χ3v) is 9.14. The summed E-state index contributed by atoms with van der Waals surface area (Å²) in [6.45, 7) is 6.44. The van der Waals surface area contributed by atoms with Crippen LogP contribution >= 0.6 is 0 Å². The number of fused-ring (bicyclic) bond motifs is 1. The van der Waals surface area contributed by atoms with Crippen molar-refractivity contribution in [2.75, 3.05) is 49.9 Å². The topological polar surface area (TPSA) is 124 Å². The third kappa shape index (κ3) is 4.65. The van der Waals surface area contributed by atoms with Crippen LogP contribution in [-0.2, 0) is 10.0 Å². The van der Waals surface area contributed by atoms with E-state index < -0.39 is 15.9 Å². The van der Waals surface area contributed by atoms with E-state index in [0.717, 1.165) is 72.4 Å². The van der Waals surface area contributed by atoms with E-state index in [0.29, 0.717) is 18.7 Å². The van der Waals surface area contributed by atoms with E-state index in [1.165, 1.54) is 0 Å². The zero-order chi connectivity index (χ0) is 24.6. The predicted octanol–water partition coefficient (Wildman–Crippen LogP) is 2.27. The van der Waals surface area contributed by atoms with Gasteiger partial charge in [-0.15, -0.1) is 0 Å². The van der Waals surface area contributed by atoms with Crippen LogP contribution in [0.1, 0.15) is 41.6 Å². The molecule has 2 aliphatic rings. The quantitative estimate of drug-likeness (QED) is 0.481. The molecule has 0 spiro atoms. The molecule has 0 saturated carbocycles. The van der Waals surface area contributed by atoms with Gasteiger partial charge in [-0.3, -0.25) is 4.79 Å². The maximum atomic E-state index is 12.3. The van der Waals surface area contributed by atoms with Crippen molar-refractivity contribution in [3.8, 4) is 11.1 Å². The van der Waals surface area contributed by atoms with E-state index in [-0.39, 0.29) is 11.7 Å². The van der Waals surface area contributed by atoms with Gasteiger partial charge in [-0.1, -0.05) is 0 Å². The van der Waals surface area contributed by atoms with E-state index >= 15 is 0 Å². The Morgan fingerprint density at radius 2 is 1.86 bits per heavy atom. The van der Waals surface area contributed by atoms with Crippen LogP contribution in [0.25, 0.3) is 22.0 Å². The first kappa shape index (κ1) is 23.8. The van der Waals surface area contributed by atoms with Crippen LogP contribution in [-0.4, -0.2) is 73.6 Å². The summed E-state index contributed by atoms with van der Waals surface area (Å²) in [5.41, 5.74) is 9.84. The van der Waals surface area contributed by atoms with Gasteiger partial charge in [0.15, 0.2) is 0 Å². The summed E-state index contributed by atoms with van der Waals surface area (Å²) in [4.78, 5) is 22.5. The Hall–Kier alpha value is -2.95. The molecule has 1 aromatic carbocycles. The number of nitrogens with zero attached hydrogens (tertiary/aromatic N) is 3. The maximum absolute atomic E-state index is 12.3. The number of H-pyrrole nitrogens is 1. The number of carbonyl (C=O) groups excluding carboxylic acids is 1. The molecule has 2 fully saturated rings. The van der Waals surface area contributed by atoms with Crippen molar-refractivity contribution in [3.63, 3.8) is 0 Å². The zero-order valence-electron chi connectivity index (χ0n) is 20.0. The van der Waals surface area contributed by atoms with Gasteiger partial charge in [0.05, 0.1) is 16.8 Å². The summed E-state index contributed by atoms with van der Waals surface area (Å²) in [6.07, 6.45) is 5.28. The highest BCUT2D eigenvalue weighted by Gasteiger charge is 2.29. The fourth-order valence-corrected chi connectivity index (χ4v) is 6.35. The lowest BCUT2D eigenvalue weighted by molar-refractivity contribution is 0.100. The number of hydrogen-bond donors (Lipinski definition) is 3. The first-order valence-electron chi connectivity index (χ1n) is 12.2. The van der Waals surface area contributed by atoms with E-state index in [2.05, 4.69) is 26.3 Å². The van der Waals surface area contributed by atoms with E-state index in [1.54, 1.807) is 11.2 Å². The number of aromatic amines is 1. The van der Waals surface area contributed by atoms with Crippen LogP contribution in [0.4, 0.5) is 5.82 Å². The number of benzene rings is 1. The van der Waals surface area contributed by atoms with Crippen LogP contribution in [0, 0.1) is 0 Å². The Morgan fingerprint density at radius 3 is 2.49 bits per heavy atom. The second kappa shape index (κ2) is 9.60. The molecule has 9 nitrogen and oxygen atoms in total. The molecule has 4 heterocycles. The van der Waals surface area contributed by atoms with E-state index in [4.69, 9.17) is 5.73 Å². The minimum atomic E-state index is -3.18. The van der Waals surface area contributed by atoms with E-state index in [9.17, 15) is 13.2 Å². The van der Waals surface area contributed by atoms with Gasteiger partial charge in [0, 0.05) is 62.6 Å². The van der Waals surface area contributed by atoms with Crippen LogP contribution < -0.4 is 16.0 Å². The van der Waals surface area contributed by atoms with Gasteiger partial charge in [0.25, 0.3) is 5.91 Å². The molecule has 0 unspecified atom stereocenters. The predicted molar refractivity (Wildman–Crippen MR) is 138 cm³/mol. The van der Waals surface area contributed by atoms with Crippen molar-refractivity contribution in [1.82, 2.24) is 19.6 Å². The number of sulfonamides is 1. The Bertz CT molecular complexity index is 1320. The number of pyridine rings is 1. The molecule has 35 heavy (non-hydrogen) atoms. The van der Waals surface area contributed by atoms with Crippen LogP contribution in [0.15, 0.2) is 36.7 Å². The van der Waals surface area contributed by atoms with Crippen molar-refractivity contribution in [2.24, 2.45) is 5.73 Å². The zero-order valence-corrected chi connectivity index (χ0v) is 20.8. The molecule has 186 valence electrons. The number of piperazine rings is 1. The fourth-order valence-electron chi connectivity index (χ4n) is 5.22. The summed E-state index contributed by atoms with van der Waals surface area (Å²) in [6, 6.07) is 7.97. The minimum Gasteiger partial charge on any atom is -0.366 e. The summed E-state index contributed by atoms with van der Waals surface area (Å²) < 4.78 is 26.1. The monoisotopic (exact) mass is 496 g/mol. The third-order valence-electron chi connectivity index (χ3n) is 7.26. The van der Waals surface area contributed by atoms with Crippen LogP contribution in [0.5, 0.6) is 0 Å². The molecular formula is C25H32N6O3S. The Balaban J connectivity index is 1.46. The lowest BCUT2D eigenvalue weighted by Gasteiger charge is -2.31. The molecule has 2 aliphatic heterocycles. The first-order chi connectivity index (χ1) is 16.9. The summed E-state index contributed by atoms with van der Waals surface area (Å²) in [5, 5.41) is 4.31. The molecule has 0 radical (unpaired) electrons. The molecule has 2 aromatic heterocycles. The number of amides is 1. The van der Waals surface area contributed by atoms with Crippen LogP contribution in [0.3, 0.4) is 0 Å². The second-order valence-corrected chi connectivity index (χ2v) is 11.5. The molecular weight excluding hydrogens is 464 g/mol. The van der Waals surface area contributed by atoms with Crippen molar-refractivity contribution < 1.29 is 13.2 Å². The molecule has 1 amide bonds. The molecule has 2 saturated heterocycles. The maximum Gasteiger partial charge on any atom is 0.250 e. The lowest BCUT2D eigenvalue weighted by Crippen LogP contribution is -2.43. The highest BCUT2D eigenvalue weighted by Crippen LogP contribution is 2.37. The van der Waals surface area contributed by atoms with Gasteiger partial charge < -0.3 is 20.9 Å². The Labute approximate surface area is 205 Å². The number of piperidine rings is 1. The van der Waals surface area contributed by atoms with Crippen molar-refractivity contribution in [2.45, 2.75) is 25.7 Å². The molecule has 5 rings (SSSR count). The smallest absolute Gasteiger partial charge is 0.250 e. The van der Waals surface area contributed by atoms with Crippen molar-refractivity contribution in [1.29, 1.82) is 0 Å². The van der Waals surface area contributed by atoms with Gasteiger partial charge in [0.1, 0.15) is 5.82 Å². The highest BCUT2D eigenvalue weighted by molar-refractivity contribution is 7.89. The molecule has 0 atom stereocenters. The van der Waals surface area contributed by atoms with Crippen LogP contribution in [0.2, 0.25) is 0 Å². The Kier molecular flexibility index (Phi) is 6.52. The molecule has 0 aliphatic carbocycles.